The summed E-state index contributed by atoms with van der Waals surface area (Å²) in [6.07, 6.45) is 3.57. The molecule has 0 heterocycles. The molecule has 1 aliphatic rings. The molecule has 1 fully saturated rings. The SMILES string of the molecule is CC(C)C1CCC(C)(C)CC1OC=O. The second-order valence-corrected chi connectivity index (χ2v) is 5.59. The van der Waals surface area contributed by atoms with Crippen LogP contribution >= 0.6 is 0 Å². The van der Waals surface area contributed by atoms with Gasteiger partial charge in [-0.05, 0) is 36.5 Å². The van der Waals surface area contributed by atoms with Crippen LogP contribution in [0, 0.1) is 17.3 Å². The van der Waals surface area contributed by atoms with E-state index in [2.05, 4.69) is 27.7 Å². The fourth-order valence-corrected chi connectivity index (χ4v) is 2.52. The van der Waals surface area contributed by atoms with Gasteiger partial charge in [0, 0.05) is 0 Å². The second-order valence-electron chi connectivity index (χ2n) is 5.59. The maximum Gasteiger partial charge on any atom is 0.293 e. The number of carbonyl (C=O) groups is 1. The van der Waals surface area contributed by atoms with Gasteiger partial charge in [0.15, 0.2) is 0 Å². The molecule has 14 heavy (non-hydrogen) atoms. The molecule has 2 heteroatoms. The van der Waals surface area contributed by atoms with E-state index in [0.717, 1.165) is 6.42 Å². The van der Waals surface area contributed by atoms with Crippen LogP contribution in [-0.4, -0.2) is 12.6 Å². The van der Waals surface area contributed by atoms with Gasteiger partial charge in [-0.25, -0.2) is 0 Å². The summed E-state index contributed by atoms with van der Waals surface area (Å²) in [7, 11) is 0. The lowest BCUT2D eigenvalue weighted by Crippen LogP contribution is -2.38. The molecule has 1 aliphatic carbocycles. The average Bonchev–Trinajstić information content (AvgIpc) is 2.02. The van der Waals surface area contributed by atoms with Gasteiger partial charge >= 0.3 is 0 Å². The monoisotopic (exact) mass is 198 g/mol. The Balaban J connectivity index is 2.65. The summed E-state index contributed by atoms with van der Waals surface area (Å²) in [6, 6.07) is 0. The molecule has 0 saturated heterocycles. The van der Waals surface area contributed by atoms with Gasteiger partial charge in [0.2, 0.25) is 0 Å². The van der Waals surface area contributed by atoms with E-state index in [9.17, 15) is 4.79 Å². The lowest BCUT2D eigenvalue weighted by Gasteiger charge is -2.41. The van der Waals surface area contributed by atoms with Crippen LogP contribution < -0.4 is 0 Å². The molecular weight excluding hydrogens is 176 g/mol. The van der Waals surface area contributed by atoms with Gasteiger partial charge in [-0.1, -0.05) is 27.7 Å². The lowest BCUT2D eigenvalue weighted by atomic mass is 9.68. The third-order valence-corrected chi connectivity index (χ3v) is 3.47. The second kappa shape index (κ2) is 4.33. The van der Waals surface area contributed by atoms with E-state index in [0.29, 0.717) is 23.7 Å². The van der Waals surface area contributed by atoms with E-state index in [1.165, 1.54) is 12.8 Å². The standard InChI is InChI=1S/C12H22O2/c1-9(2)10-5-6-12(3,4)7-11(10)14-8-13/h8-11H,5-7H2,1-4H3. The fraction of sp³-hybridized carbons (Fsp3) is 0.917. The first-order chi connectivity index (χ1) is 6.46. The Morgan fingerprint density at radius 3 is 2.57 bits per heavy atom. The Morgan fingerprint density at radius 2 is 2.07 bits per heavy atom. The predicted octanol–water partition coefficient (Wildman–Crippen LogP) is 3.01. The van der Waals surface area contributed by atoms with Crippen molar-refractivity contribution in [1.82, 2.24) is 0 Å². The topological polar surface area (TPSA) is 26.3 Å². The van der Waals surface area contributed by atoms with E-state index in [1.54, 1.807) is 0 Å². The van der Waals surface area contributed by atoms with Crippen LogP contribution in [0.25, 0.3) is 0 Å². The van der Waals surface area contributed by atoms with E-state index < -0.39 is 0 Å². The highest BCUT2D eigenvalue weighted by Gasteiger charge is 2.37. The van der Waals surface area contributed by atoms with E-state index in [-0.39, 0.29) is 6.10 Å². The third-order valence-electron chi connectivity index (χ3n) is 3.47. The summed E-state index contributed by atoms with van der Waals surface area (Å²) in [4.78, 5) is 10.4. The molecule has 1 saturated carbocycles. The number of carbonyl (C=O) groups excluding carboxylic acids is 1. The van der Waals surface area contributed by atoms with Crippen LogP contribution in [0.2, 0.25) is 0 Å². The molecule has 1 rings (SSSR count). The van der Waals surface area contributed by atoms with E-state index in [1.807, 2.05) is 0 Å². The summed E-state index contributed by atoms with van der Waals surface area (Å²) in [5.41, 5.74) is 0.332. The Morgan fingerprint density at radius 1 is 1.43 bits per heavy atom. The zero-order valence-corrected chi connectivity index (χ0v) is 9.75. The van der Waals surface area contributed by atoms with Crippen molar-refractivity contribution in [2.75, 3.05) is 0 Å². The molecule has 0 aromatic carbocycles. The van der Waals surface area contributed by atoms with Gasteiger partial charge in [-0.2, -0.15) is 0 Å². The van der Waals surface area contributed by atoms with Crippen LogP contribution in [0.4, 0.5) is 0 Å². The van der Waals surface area contributed by atoms with E-state index >= 15 is 0 Å². The fourth-order valence-electron chi connectivity index (χ4n) is 2.52. The first kappa shape index (κ1) is 11.5. The molecule has 0 aromatic rings. The van der Waals surface area contributed by atoms with Crippen LogP contribution in [0.15, 0.2) is 0 Å². The zero-order valence-electron chi connectivity index (χ0n) is 9.75. The lowest BCUT2D eigenvalue weighted by molar-refractivity contribution is -0.141. The first-order valence-corrected chi connectivity index (χ1v) is 5.55. The van der Waals surface area contributed by atoms with Gasteiger partial charge in [0.1, 0.15) is 6.10 Å². The largest absolute Gasteiger partial charge is 0.464 e. The molecule has 0 amide bonds. The van der Waals surface area contributed by atoms with Crippen molar-refractivity contribution in [3.63, 3.8) is 0 Å². The Labute approximate surface area is 87.0 Å². The molecule has 0 aromatic heterocycles. The minimum Gasteiger partial charge on any atom is -0.464 e. The van der Waals surface area contributed by atoms with Gasteiger partial charge in [-0.3, -0.25) is 4.79 Å². The molecule has 0 bridgehead atoms. The molecule has 2 atom stereocenters. The summed E-state index contributed by atoms with van der Waals surface area (Å²) >= 11 is 0. The summed E-state index contributed by atoms with van der Waals surface area (Å²) in [6.45, 7) is 9.55. The normalized spacial score (nSPS) is 31.5. The van der Waals surface area contributed by atoms with Crippen molar-refractivity contribution in [2.24, 2.45) is 17.3 Å². The minimum atomic E-state index is 0.135. The quantitative estimate of drug-likeness (QED) is 0.652. The number of ether oxygens (including phenoxy) is 1. The number of hydrogen-bond donors (Lipinski definition) is 0. The summed E-state index contributed by atoms with van der Waals surface area (Å²) in [5, 5.41) is 0. The van der Waals surface area contributed by atoms with Gasteiger partial charge in [0.05, 0.1) is 0 Å². The average molecular weight is 198 g/mol. The van der Waals surface area contributed by atoms with Crippen molar-refractivity contribution in [2.45, 2.75) is 53.1 Å². The number of hydrogen-bond acceptors (Lipinski definition) is 2. The first-order valence-electron chi connectivity index (χ1n) is 5.55. The van der Waals surface area contributed by atoms with Crippen LogP contribution in [0.5, 0.6) is 0 Å². The number of rotatable bonds is 3. The highest BCUT2D eigenvalue weighted by Crippen LogP contribution is 2.41. The molecule has 0 aliphatic heterocycles. The minimum absolute atomic E-state index is 0.135. The highest BCUT2D eigenvalue weighted by molar-refractivity contribution is 5.37. The maximum absolute atomic E-state index is 10.4. The van der Waals surface area contributed by atoms with Crippen LogP contribution in [0.3, 0.4) is 0 Å². The van der Waals surface area contributed by atoms with E-state index in [4.69, 9.17) is 4.74 Å². The maximum atomic E-state index is 10.4. The van der Waals surface area contributed by atoms with Crippen molar-refractivity contribution in [3.05, 3.63) is 0 Å². The molecule has 2 unspecified atom stereocenters. The van der Waals surface area contributed by atoms with Gasteiger partial charge in [-0.15, -0.1) is 0 Å². The van der Waals surface area contributed by atoms with Gasteiger partial charge < -0.3 is 4.74 Å². The smallest absolute Gasteiger partial charge is 0.293 e. The molecule has 0 spiro atoms. The molecule has 82 valence electrons. The van der Waals surface area contributed by atoms with Crippen molar-refractivity contribution in [1.29, 1.82) is 0 Å². The van der Waals surface area contributed by atoms with Gasteiger partial charge in [0.25, 0.3) is 6.47 Å². The summed E-state index contributed by atoms with van der Waals surface area (Å²) in [5.74, 6) is 1.16. The van der Waals surface area contributed by atoms with Crippen molar-refractivity contribution in [3.8, 4) is 0 Å². The van der Waals surface area contributed by atoms with Crippen molar-refractivity contribution < 1.29 is 9.53 Å². The molecular formula is C12H22O2. The zero-order chi connectivity index (χ0) is 10.8. The summed E-state index contributed by atoms with van der Waals surface area (Å²) < 4.78 is 5.21. The predicted molar refractivity (Wildman–Crippen MR) is 56.9 cm³/mol. The van der Waals surface area contributed by atoms with Crippen LogP contribution in [0.1, 0.15) is 47.0 Å². The molecule has 0 radical (unpaired) electrons. The highest BCUT2D eigenvalue weighted by atomic mass is 16.5. The Hall–Kier alpha value is -0.530. The van der Waals surface area contributed by atoms with Crippen molar-refractivity contribution >= 4 is 6.47 Å². The molecule has 2 nitrogen and oxygen atoms in total. The Bertz CT molecular complexity index is 196. The van der Waals surface area contributed by atoms with Crippen LogP contribution in [-0.2, 0) is 9.53 Å². The third kappa shape index (κ3) is 2.73. The molecule has 0 N–H and O–H groups in total. The Kier molecular flexibility index (Phi) is 3.57.